The van der Waals surface area contributed by atoms with Gasteiger partial charge in [0.05, 0.1) is 24.3 Å². The Hall–Kier alpha value is -1.42. The lowest BCUT2D eigenvalue weighted by Gasteiger charge is -2.18. The Bertz CT molecular complexity index is 644. The molecule has 104 valence electrons. The summed E-state index contributed by atoms with van der Waals surface area (Å²) >= 11 is 5.74. The second kappa shape index (κ2) is 5.52. The number of rotatable bonds is 3. The molecule has 0 aromatic heterocycles. The maximum atomic E-state index is 13.6. The fourth-order valence-corrected chi connectivity index (χ4v) is 2.71. The molecule has 1 aliphatic rings. The van der Waals surface area contributed by atoms with Gasteiger partial charge in [0.15, 0.2) is 0 Å². The number of ether oxygens (including phenoxy) is 1. The first kappa shape index (κ1) is 13.6. The lowest BCUT2D eigenvalue weighted by atomic mass is 9.96. The molecule has 1 unspecified atom stereocenters. The van der Waals surface area contributed by atoms with Gasteiger partial charge in [-0.2, -0.15) is 0 Å². The van der Waals surface area contributed by atoms with Crippen molar-refractivity contribution in [1.82, 2.24) is 5.32 Å². The number of fused-ring (bicyclic) bond motifs is 1. The molecule has 0 radical (unpaired) electrons. The first-order valence-electron chi connectivity index (χ1n) is 6.50. The van der Waals surface area contributed by atoms with Gasteiger partial charge >= 0.3 is 0 Å². The topological polar surface area (TPSA) is 21.3 Å². The SMILES string of the molecule is CNC(c1ccc(Cl)c(F)c1)c1ccc2c(c1)COC2. The number of hydrogen-bond donors (Lipinski definition) is 1. The monoisotopic (exact) mass is 291 g/mol. The third-order valence-corrected chi connectivity index (χ3v) is 3.95. The van der Waals surface area contributed by atoms with Gasteiger partial charge in [0.1, 0.15) is 5.82 Å². The maximum Gasteiger partial charge on any atom is 0.142 e. The first-order chi connectivity index (χ1) is 9.69. The van der Waals surface area contributed by atoms with Crippen LogP contribution in [0.1, 0.15) is 28.3 Å². The molecule has 1 N–H and O–H groups in total. The molecule has 0 fully saturated rings. The van der Waals surface area contributed by atoms with Gasteiger partial charge in [0.25, 0.3) is 0 Å². The molecular weight excluding hydrogens is 277 g/mol. The van der Waals surface area contributed by atoms with Gasteiger partial charge in [-0.3, -0.25) is 0 Å². The van der Waals surface area contributed by atoms with Crippen LogP contribution in [0.15, 0.2) is 36.4 Å². The Morgan fingerprint density at radius 1 is 1.10 bits per heavy atom. The summed E-state index contributed by atoms with van der Waals surface area (Å²) in [5.41, 5.74) is 4.38. The number of halogens is 2. The lowest BCUT2D eigenvalue weighted by molar-refractivity contribution is 0.134. The van der Waals surface area contributed by atoms with Crippen molar-refractivity contribution in [3.63, 3.8) is 0 Å². The minimum absolute atomic E-state index is 0.0623. The molecule has 1 atom stereocenters. The highest BCUT2D eigenvalue weighted by atomic mass is 35.5. The summed E-state index contributed by atoms with van der Waals surface area (Å²) in [6, 6.07) is 11.1. The summed E-state index contributed by atoms with van der Waals surface area (Å²) < 4.78 is 19.1. The lowest BCUT2D eigenvalue weighted by Crippen LogP contribution is -2.18. The van der Waals surface area contributed by atoms with Gasteiger partial charge in [-0.25, -0.2) is 4.39 Å². The van der Waals surface area contributed by atoms with Crippen LogP contribution in [-0.2, 0) is 18.0 Å². The smallest absolute Gasteiger partial charge is 0.142 e. The largest absolute Gasteiger partial charge is 0.372 e. The van der Waals surface area contributed by atoms with E-state index >= 15 is 0 Å². The van der Waals surface area contributed by atoms with Crippen molar-refractivity contribution in [3.05, 3.63) is 69.5 Å². The van der Waals surface area contributed by atoms with Gasteiger partial charge in [-0.05, 0) is 41.4 Å². The average molecular weight is 292 g/mol. The van der Waals surface area contributed by atoms with Crippen molar-refractivity contribution < 1.29 is 9.13 Å². The summed E-state index contributed by atoms with van der Waals surface area (Å²) in [7, 11) is 1.86. The van der Waals surface area contributed by atoms with Crippen molar-refractivity contribution >= 4 is 11.6 Å². The molecule has 0 saturated carbocycles. The molecule has 20 heavy (non-hydrogen) atoms. The highest BCUT2D eigenvalue weighted by Crippen LogP contribution is 2.28. The fraction of sp³-hybridized carbons (Fsp3) is 0.250. The van der Waals surface area contributed by atoms with Crippen LogP contribution in [0, 0.1) is 5.82 Å². The first-order valence-corrected chi connectivity index (χ1v) is 6.88. The van der Waals surface area contributed by atoms with Crippen LogP contribution >= 0.6 is 11.6 Å². The Morgan fingerprint density at radius 2 is 1.80 bits per heavy atom. The van der Waals surface area contributed by atoms with E-state index in [-0.39, 0.29) is 11.1 Å². The van der Waals surface area contributed by atoms with Crippen LogP contribution in [0.2, 0.25) is 5.02 Å². The maximum absolute atomic E-state index is 13.6. The van der Waals surface area contributed by atoms with E-state index in [0.717, 1.165) is 11.1 Å². The van der Waals surface area contributed by atoms with Crippen LogP contribution in [0.5, 0.6) is 0 Å². The highest BCUT2D eigenvalue weighted by molar-refractivity contribution is 6.30. The van der Waals surface area contributed by atoms with Gasteiger partial charge in [0.2, 0.25) is 0 Å². The van der Waals surface area contributed by atoms with Gasteiger partial charge in [0, 0.05) is 0 Å². The molecule has 1 aliphatic heterocycles. The van der Waals surface area contributed by atoms with E-state index in [1.807, 2.05) is 13.1 Å². The number of benzene rings is 2. The van der Waals surface area contributed by atoms with E-state index in [4.69, 9.17) is 16.3 Å². The summed E-state index contributed by atoms with van der Waals surface area (Å²) in [5.74, 6) is -0.395. The minimum atomic E-state index is -0.395. The molecule has 4 heteroatoms. The van der Waals surface area contributed by atoms with E-state index < -0.39 is 5.82 Å². The zero-order valence-electron chi connectivity index (χ0n) is 11.1. The van der Waals surface area contributed by atoms with Crippen LogP contribution in [0.25, 0.3) is 0 Å². The predicted molar refractivity (Wildman–Crippen MR) is 77.2 cm³/mol. The number of nitrogens with one attached hydrogen (secondary N) is 1. The molecule has 2 aromatic rings. The van der Waals surface area contributed by atoms with E-state index in [0.29, 0.717) is 13.2 Å². The second-order valence-electron chi connectivity index (χ2n) is 4.92. The fourth-order valence-electron chi connectivity index (χ4n) is 2.59. The summed E-state index contributed by atoms with van der Waals surface area (Å²) in [6.45, 7) is 1.32. The molecule has 0 aliphatic carbocycles. The van der Waals surface area contributed by atoms with Crippen molar-refractivity contribution in [3.8, 4) is 0 Å². The van der Waals surface area contributed by atoms with Crippen molar-refractivity contribution in [2.45, 2.75) is 19.3 Å². The van der Waals surface area contributed by atoms with Crippen LogP contribution in [0.3, 0.4) is 0 Å². The summed E-state index contributed by atoms with van der Waals surface area (Å²) in [5, 5.41) is 3.37. The van der Waals surface area contributed by atoms with E-state index in [2.05, 4.69) is 23.5 Å². The molecule has 0 spiro atoms. The standard InChI is InChI=1S/C16H15ClFNO/c1-19-16(11-4-5-14(17)15(18)7-11)10-2-3-12-8-20-9-13(12)6-10/h2-7,16,19H,8-9H2,1H3. The van der Waals surface area contributed by atoms with Crippen LogP contribution in [0.4, 0.5) is 4.39 Å². The Labute approximate surface area is 122 Å². The normalized spacial score (nSPS) is 15.2. The third-order valence-electron chi connectivity index (χ3n) is 3.64. The van der Waals surface area contributed by atoms with Gasteiger partial charge in [-0.1, -0.05) is 35.9 Å². The summed E-state index contributed by atoms with van der Waals surface area (Å²) in [6.07, 6.45) is 0. The van der Waals surface area contributed by atoms with Crippen LogP contribution < -0.4 is 5.32 Å². The van der Waals surface area contributed by atoms with E-state index in [1.54, 1.807) is 6.07 Å². The summed E-state index contributed by atoms with van der Waals surface area (Å²) in [4.78, 5) is 0. The van der Waals surface area contributed by atoms with E-state index in [1.165, 1.54) is 17.2 Å². The van der Waals surface area contributed by atoms with Gasteiger partial charge < -0.3 is 10.1 Å². The van der Waals surface area contributed by atoms with Crippen molar-refractivity contribution in [2.24, 2.45) is 0 Å². The molecule has 2 nitrogen and oxygen atoms in total. The Kier molecular flexibility index (Phi) is 3.74. The second-order valence-corrected chi connectivity index (χ2v) is 5.32. The molecule has 0 amide bonds. The molecule has 1 heterocycles. The van der Waals surface area contributed by atoms with Crippen LogP contribution in [-0.4, -0.2) is 7.05 Å². The Morgan fingerprint density at radius 3 is 2.55 bits per heavy atom. The quantitative estimate of drug-likeness (QED) is 0.928. The Balaban J connectivity index is 1.98. The average Bonchev–Trinajstić information content (AvgIpc) is 2.91. The molecule has 0 saturated heterocycles. The molecule has 2 aromatic carbocycles. The van der Waals surface area contributed by atoms with Crippen molar-refractivity contribution in [1.29, 1.82) is 0 Å². The highest BCUT2D eigenvalue weighted by Gasteiger charge is 2.17. The van der Waals surface area contributed by atoms with Gasteiger partial charge in [-0.15, -0.1) is 0 Å². The zero-order chi connectivity index (χ0) is 14.1. The molecule has 3 rings (SSSR count). The molecule has 0 bridgehead atoms. The third kappa shape index (κ3) is 2.44. The minimum Gasteiger partial charge on any atom is -0.372 e. The van der Waals surface area contributed by atoms with E-state index in [9.17, 15) is 4.39 Å². The molecular formula is C16H15ClFNO. The predicted octanol–water partition coefficient (Wildman–Crippen LogP) is 3.82. The zero-order valence-corrected chi connectivity index (χ0v) is 11.9. The van der Waals surface area contributed by atoms with Crippen molar-refractivity contribution in [2.75, 3.05) is 7.05 Å². The number of hydrogen-bond acceptors (Lipinski definition) is 2.